The Balaban J connectivity index is 2.16. The minimum Gasteiger partial charge on any atom is -0.465 e. The normalized spacial score (nSPS) is 10.1. The molecule has 0 heterocycles. The van der Waals surface area contributed by atoms with Crippen LogP contribution in [0.3, 0.4) is 0 Å². The first-order chi connectivity index (χ1) is 7.72. The number of esters is 1. The van der Waals surface area contributed by atoms with E-state index in [0.29, 0.717) is 6.61 Å². The maximum atomic E-state index is 11.0. The number of anilines is 1. The van der Waals surface area contributed by atoms with Crippen LogP contribution in [0.5, 0.6) is 0 Å². The van der Waals surface area contributed by atoms with Crippen LogP contribution < -0.4 is 11.1 Å². The highest BCUT2D eigenvalue weighted by Crippen LogP contribution is 2.05. The zero-order chi connectivity index (χ0) is 11.8. The van der Waals surface area contributed by atoms with Crippen molar-refractivity contribution >= 4 is 11.7 Å². The molecule has 4 nitrogen and oxygen atoms in total. The van der Waals surface area contributed by atoms with Crippen LogP contribution in [0, 0.1) is 0 Å². The quantitative estimate of drug-likeness (QED) is 0.427. The Morgan fingerprint density at radius 2 is 2.06 bits per heavy atom. The molecule has 0 fully saturated rings. The number of hydrogen-bond acceptors (Lipinski definition) is 4. The lowest BCUT2D eigenvalue weighted by atomic mass is 10.1. The zero-order valence-electron chi connectivity index (χ0n) is 9.53. The predicted molar refractivity (Wildman–Crippen MR) is 64.1 cm³/mol. The average Bonchev–Trinajstić information content (AvgIpc) is 2.27. The van der Waals surface area contributed by atoms with Crippen LogP contribution in [0.25, 0.3) is 0 Å². The lowest BCUT2D eigenvalue weighted by Gasteiger charge is -2.05. The standard InChI is InChI=1S/C12H18N2O2/c1-2-16-12(15)9-14-8-7-10-3-5-11(13)6-4-10/h3-6,14H,2,7-9,13H2,1H3. The number of nitrogens with two attached hydrogens (primary N) is 1. The van der Waals surface area contributed by atoms with Gasteiger partial charge in [0.1, 0.15) is 0 Å². The largest absolute Gasteiger partial charge is 0.465 e. The van der Waals surface area contributed by atoms with Gasteiger partial charge in [-0.3, -0.25) is 4.79 Å². The number of nitrogen functional groups attached to an aromatic ring is 1. The van der Waals surface area contributed by atoms with E-state index in [1.165, 1.54) is 5.56 Å². The lowest BCUT2D eigenvalue weighted by Crippen LogP contribution is -2.26. The third kappa shape index (κ3) is 4.79. The second-order valence-electron chi connectivity index (χ2n) is 3.47. The van der Waals surface area contributed by atoms with Gasteiger partial charge in [0.15, 0.2) is 0 Å². The third-order valence-corrected chi connectivity index (χ3v) is 2.14. The van der Waals surface area contributed by atoms with Gasteiger partial charge in [0.25, 0.3) is 0 Å². The van der Waals surface area contributed by atoms with Gasteiger partial charge in [-0.1, -0.05) is 12.1 Å². The highest BCUT2D eigenvalue weighted by molar-refractivity contribution is 5.71. The molecule has 0 bridgehead atoms. The topological polar surface area (TPSA) is 64.3 Å². The van der Waals surface area contributed by atoms with Crippen LogP contribution in [-0.2, 0) is 16.0 Å². The van der Waals surface area contributed by atoms with Crippen molar-refractivity contribution in [1.82, 2.24) is 5.32 Å². The van der Waals surface area contributed by atoms with Gasteiger partial charge in [0.05, 0.1) is 13.2 Å². The Hall–Kier alpha value is -1.55. The predicted octanol–water partition coefficient (Wildman–Crippen LogP) is 0.964. The molecule has 16 heavy (non-hydrogen) atoms. The van der Waals surface area contributed by atoms with E-state index < -0.39 is 0 Å². The summed E-state index contributed by atoms with van der Waals surface area (Å²) in [6.45, 7) is 3.25. The number of ether oxygens (including phenoxy) is 1. The summed E-state index contributed by atoms with van der Waals surface area (Å²) >= 11 is 0. The third-order valence-electron chi connectivity index (χ3n) is 2.14. The number of carbonyl (C=O) groups is 1. The minimum absolute atomic E-state index is 0.209. The Morgan fingerprint density at radius 3 is 2.69 bits per heavy atom. The Kier molecular flexibility index (Phi) is 5.36. The van der Waals surface area contributed by atoms with E-state index in [4.69, 9.17) is 10.5 Å². The van der Waals surface area contributed by atoms with E-state index >= 15 is 0 Å². The molecule has 3 N–H and O–H groups in total. The van der Waals surface area contributed by atoms with E-state index in [0.717, 1.165) is 18.7 Å². The Labute approximate surface area is 95.8 Å². The number of benzene rings is 1. The Bertz CT molecular complexity index is 322. The fraction of sp³-hybridized carbons (Fsp3) is 0.417. The van der Waals surface area contributed by atoms with Gasteiger partial charge < -0.3 is 15.8 Å². The van der Waals surface area contributed by atoms with Crippen molar-refractivity contribution in [2.45, 2.75) is 13.3 Å². The molecule has 1 aromatic rings. The van der Waals surface area contributed by atoms with Gasteiger partial charge in [0.2, 0.25) is 0 Å². The summed E-state index contributed by atoms with van der Waals surface area (Å²) in [5.74, 6) is -0.209. The van der Waals surface area contributed by atoms with Crippen LogP contribution in [0.4, 0.5) is 5.69 Å². The van der Waals surface area contributed by atoms with Crippen molar-refractivity contribution in [3.63, 3.8) is 0 Å². The molecule has 88 valence electrons. The first-order valence-electron chi connectivity index (χ1n) is 5.43. The first-order valence-corrected chi connectivity index (χ1v) is 5.43. The number of nitrogens with one attached hydrogen (secondary N) is 1. The van der Waals surface area contributed by atoms with Crippen molar-refractivity contribution in [1.29, 1.82) is 0 Å². The van der Waals surface area contributed by atoms with Gasteiger partial charge in [-0.15, -0.1) is 0 Å². The van der Waals surface area contributed by atoms with E-state index in [1.807, 2.05) is 24.3 Å². The highest BCUT2D eigenvalue weighted by atomic mass is 16.5. The summed E-state index contributed by atoms with van der Waals surface area (Å²) in [5, 5.41) is 3.03. The summed E-state index contributed by atoms with van der Waals surface area (Å²) in [6, 6.07) is 7.73. The van der Waals surface area contributed by atoms with Crippen LogP contribution >= 0.6 is 0 Å². The molecule has 0 saturated carbocycles. The molecule has 0 spiro atoms. The van der Waals surface area contributed by atoms with Crippen LogP contribution in [0.2, 0.25) is 0 Å². The van der Waals surface area contributed by atoms with E-state index in [-0.39, 0.29) is 12.5 Å². The van der Waals surface area contributed by atoms with Crippen molar-refractivity contribution in [3.8, 4) is 0 Å². The average molecular weight is 222 g/mol. The van der Waals surface area contributed by atoms with Crippen LogP contribution in [0.15, 0.2) is 24.3 Å². The molecule has 0 radical (unpaired) electrons. The minimum atomic E-state index is -0.209. The van der Waals surface area contributed by atoms with Gasteiger partial charge in [-0.05, 0) is 37.6 Å². The van der Waals surface area contributed by atoms with Gasteiger partial charge in [-0.25, -0.2) is 0 Å². The first kappa shape index (κ1) is 12.5. The maximum Gasteiger partial charge on any atom is 0.319 e. The summed E-state index contributed by atoms with van der Waals surface area (Å²) in [4.78, 5) is 11.0. The van der Waals surface area contributed by atoms with Crippen molar-refractivity contribution in [2.75, 3.05) is 25.4 Å². The molecule has 0 aromatic heterocycles. The highest BCUT2D eigenvalue weighted by Gasteiger charge is 1.99. The fourth-order valence-electron chi connectivity index (χ4n) is 1.32. The van der Waals surface area contributed by atoms with Crippen molar-refractivity contribution in [2.24, 2.45) is 0 Å². The van der Waals surface area contributed by atoms with Crippen molar-refractivity contribution in [3.05, 3.63) is 29.8 Å². The lowest BCUT2D eigenvalue weighted by molar-refractivity contribution is -0.141. The molecule has 1 aromatic carbocycles. The molecule has 1 rings (SSSR count). The molecule has 4 heteroatoms. The number of rotatable bonds is 6. The Morgan fingerprint density at radius 1 is 1.38 bits per heavy atom. The van der Waals surface area contributed by atoms with E-state index in [2.05, 4.69) is 5.32 Å². The maximum absolute atomic E-state index is 11.0. The van der Waals surface area contributed by atoms with Gasteiger partial charge >= 0.3 is 5.97 Å². The monoisotopic (exact) mass is 222 g/mol. The molecule has 0 aliphatic heterocycles. The number of hydrogen-bond donors (Lipinski definition) is 2. The molecule has 0 aliphatic carbocycles. The molecule has 0 saturated heterocycles. The molecular weight excluding hydrogens is 204 g/mol. The smallest absolute Gasteiger partial charge is 0.319 e. The number of carbonyl (C=O) groups excluding carboxylic acids is 1. The van der Waals surface area contributed by atoms with E-state index in [9.17, 15) is 4.79 Å². The molecule has 0 unspecified atom stereocenters. The van der Waals surface area contributed by atoms with Crippen LogP contribution in [0.1, 0.15) is 12.5 Å². The SMILES string of the molecule is CCOC(=O)CNCCc1ccc(N)cc1. The molecule has 0 aliphatic rings. The summed E-state index contributed by atoms with van der Waals surface area (Å²) in [7, 11) is 0. The second kappa shape index (κ2) is 6.85. The van der Waals surface area contributed by atoms with Crippen molar-refractivity contribution < 1.29 is 9.53 Å². The molecule has 0 amide bonds. The summed E-state index contributed by atoms with van der Waals surface area (Å²) in [6.07, 6.45) is 0.875. The van der Waals surface area contributed by atoms with Crippen LogP contribution in [-0.4, -0.2) is 25.7 Å². The van der Waals surface area contributed by atoms with Gasteiger partial charge in [0, 0.05) is 5.69 Å². The fourth-order valence-corrected chi connectivity index (χ4v) is 1.32. The molecule has 0 atom stereocenters. The second-order valence-corrected chi connectivity index (χ2v) is 3.47. The van der Waals surface area contributed by atoms with E-state index in [1.54, 1.807) is 6.92 Å². The van der Waals surface area contributed by atoms with Gasteiger partial charge in [-0.2, -0.15) is 0 Å². The molecular formula is C12H18N2O2. The summed E-state index contributed by atoms with van der Waals surface area (Å²) < 4.78 is 4.79. The summed E-state index contributed by atoms with van der Waals surface area (Å²) in [5.41, 5.74) is 7.54. The zero-order valence-corrected chi connectivity index (χ0v) is 9.53.